The highest BCUT2D eigenvalue weighted by Crippen LogP contribution is 2.35. The van der Waals surface area contributed by atoms with Crippen LogP contribution in [0, 0.1) is 0 Å². The minimum atomic E-state index is -0.896. The fourth-order valence-electron chi connectivity index (χ4n) is 2.99. The molecule has 10 nitrogen and oxygen atoms in total. The van der Waals surface area contributed by atoms with Crippen molar-refractivity contribution in [3.05, 3.63) is 64.1 Å². The van der Waals surface area contributed by atoms with Gasteiger partial charge in [0.05, 0.1) is 5.39 Å². The third-order valence-electron chi connectivity index (χ3n) is 4.51. The van der Waals surface area contributed by atoms with E-state index in [1.54, 1.807) is 18.2 Å². The van der Waals surface area contributed by atoms with Gasteiger partial charge in [-0.15, -0.1) is 10.2 Å². The van der Waals surface area contributed by atoms with Gasteiger partial charge in [-0.2, -0.15) is 5.10 Å². The molecule has 0 unspecified atom stereocenters. The largest absolute Gasteiger partial charge is 0.494 e. The van der Waals surface area contributed by atoms with Gasteiger partial charge in [-0.25, -0.2) is 5.10 Å². The molecule has 0 aliphatic carbocycles. The molecule has 144 valence electrons. The Morgan fingerprint density at radius 2 is 1.59 bits per heavy atom. The number of nitrogens with zero attached hydrogens (tertiary/aromatic N) is 4. The molecule has 0 radical (unpaired) electrons. The Morgan fingerprint density at radius 1 is 0.931 bits per heavy atom. The number of azo groups is 1. The molecule has 0 spiro atoms. The van der Waals surface area contributed by atoms with Crippen LogP contribution in [-0.2, 0) is 7.05 Å². The van der Waals surface area contributed by atoms with Gasteiger partial charge < -0.3 is 10.2 Å². The maximum atomic E-state index is 12.3. The molecule has 2 heterocycles. The molecule has 2 amide bonds. The molecule has 3 N–H and O–H groups in total. The minimum Gasteiger partial charge on any atom is -0.494 e. The lowest BCUT2D eigenvalue weighted by molar-refractivity contribution is 0.0945. The maximum Gasteiger partial charge on any atom is 0.316 e. The molecule has 0 atom stereocenters. The van der Waals surface area contributed by atoms with Gasteiger partial charge in [-0.3, -0.25) is 19.0 Å². The second-order valence-electron chi connectivity index (χ2n) is 6.22. The third kappa shape index (κ3) is 2.92. The van der Waals surface area contributed by atoms with Crippen molar-refractivity contribution in [3.8, 4) is 11.8 Å². The van der Waals surface area contributed by atoms with Crippen LogP contribution >= 0.6 is 0 Å². The summed E-state index contributed by atoms with van der Waals surface area (Å²) in [7, 11) is 1.46. The van der Waals surface area contributed by atoms with Gasteiger partial charge in [0.2, 0.25) is 11.8 Å². The van der Waals surface area contributed by atoms with Crippen LogP contribution in [0.5, 0.6) is 11.8 Å². The fourth-order valence-corrected chi connectivity index (χ4v) is 2.99. The molecule has 0 saturated carbocycles. The van der Waals surface area contributed by atoms with Crippen LogP contribution in [0.2, 0.25) is 0 Å². The van der Waals surface area contributed by atoms with Crippen molar-refractivity contribution in [2.24, 2.45) is 17.3 Å². The van der Waals surface area contributed by atoms with Gasteiger partial charge in [0.25, 0.3) is 11.5 Å². The third-order valence-corrected chi connectivity index (χ3v) is 4.51. The van der Waals surface area contributed by atoms with E-state index >= 15 is 0 Å². The van der Waals surface area contributed by atoms with E-state index in [-0.39, 0.29) is 33.8 Å². The van der Waals surface area contributed by atoms with Crippen molar-refractivity contribution in [2.75, 3.05) is 0 Å². The zero-order valence-corrected chi connectivity index (χ0v) is 14.9. The Kier molecular flexibility index (Phi) is 4.15. The zero-order valence-electron chi connectivity index (χ0n) is 14.9. The number of aromatic hydroxyl groups is 2. The molecule has 0 fully saturated rings. The second-order valence-corrected chi connectivity index (χ2v) is 6.22. The Labute approximate surface area is 161 Å². The lowest BCUT2D eigenvalue weighted by Crippen LogP contribution is -2.13. The Morgan fingerprint density at radius 3 is 2.34 bits per heavy atom. The zero-order chi connectivity index (χ0) is 20.7. The van der Waals surface area contributed by atoms with Crippen LogP contribution in [0.4, 0.5) is 0 Å². The molecule has 0 saturated heterocycles. The van der Waals surface area contributed by atoms with Crippen LogP contribution in [0.15, 0.2) is 57.5 Å². The molecule has 0 aliphatic heterocycles. The van der Waals surface area contributed by atoms with Crippen molar-refractivity contribution in [1.82, 2.24) is 14.8 Å². The fraction of sp³-hybridized carbons (Fsp3) is 0.0526. The van der Waals surface area contributed by atoms with E-state index in [0.717, 1.165) is 4.57 Å². The highest BCUT2D eigenvalue weighted by molar-refractivity contribution is 6.06. The topological polar surface area (TPSA) is 150 Å². The normalized spacial score (nSPS) is 11.5. The summed E-state index contributed by atoms with van der Waals surface area (Å²) in [6.45, 7) is 0. The first-order chi connectivity index (χ1) is 13.9. The number of amides is 2. The number of carbonyl (C=O) groups excluding carboxylic acids is 2. The number of H-pyrrole nitrogens is 1. The molecule has 29 heavy (non-hydrogen) atoms. The first-order valence-corrected chi connectivity index (χ1v) is 8.36. The average Bonchev–Trinajstić information content (AvgIpc) is 2.96. The number of nitrogens with one attached hydrogen (secondary N) is 1. The number of fused-ring (bicyclic) bond motifs is 2. The van der Waals surface area contributed by atoms with Crippen molar-refractivity contribution < 1.29 is 19.8 Å². The summed E-state index contributed by atoms with van der Waals surface area (Å²) < 4.78 is 1.16. The summed E-state index contributed by atoms with van der Waals surface area (Å²) in [5.41, 5.74) is -0.531. The van der Waals surface area contributed by atoms with Gasteiger partial charge >= 0.3 is 5.91 Å². The quantitative estimate of drug-likeness (QED) is 0.446. The summed E-state index contributed by atoms with van der Waals surface area (Å²) in [6, 6.07) is 10.5. The summed E-state index contributed by atoms with van der Waals surface area (Å²) >= 11 is 0. The number of carbonyl (C=O) groups is 2. The molecule has 0 bridgehead atoms. The van der Waals surface area contributed by atoms with E-state index in [9.17, 15) is 24.6 Å². The lowest BCUT2D eigenvalue weighted by Gasteiger charge is -2.00. The summed E-state index contributed by atoms with van der Waals surface area (Å²) in [5.74, 6) is -2.09. The molecular weight excluding hydrogens is 378 g/mol. The highest BCUT2D eigenvalue weighted by Gasteiger charge is 2.17. The summed E-state index contributed by atoms with van der Waals surface area (Å²) in [6.07, 6.45) is 0. The number of aromatic amines is 1. The maximum absolute atomic E-state index is 12.3. The monoisotopic (exact) mass is 391 g/mol. The first kappa shape index (κ1) is 18.0. The van der Waals surface area contributed by atoms with Gasteiger partial charge in [-0.1, -0.05) is 18.2 Å². The van der Waals surface area contributed by atoms with Crippen molar-refractivity contribution in [1.29, 1.82) is 0 Å². The molecule has 2 aromatic heterocycles. The van der Waals surface area contributed by atoms with Crippen molar-refractivity contribution >= 4 is 33.4 Å². The predicted octanol–water partition coefficient (Wildman–Crippen LogP) is 2.26. The Hall–Kier alpha value is -4.34. The van der Waals surface area contributed by atoms with Gasteiger partial charge in [-0.05, 0) is 24.3 Å². The highest BCUT2D eigenvalue weighted by atomic mass is 16.3. The second kappa shape index (κ2) is 6.68. The van der Waals surface area contributed by atoms with Gasteiger partial charge in [0.1, 0.15) is 0 Å². The molecule has 4 aromatic rings. The Bertz CT molecular complexity index is 1400. The van der Waals surface area contributed by atoms with Crippen molar-refractivity contribution in [3.63, 3.8) is 0 Å². The smallest absolute Gasteiger partial charge is 0.316 e. The number of hydrogen-bond acceptors (Lipinski definition) is 6. The van der Waals surface area contributed by atoms with Crippen LogP contribution in [-0.4, -0.2) is 36.8 Å². The number of rotatable bonds is 2. The average molecular weight is 391 g/mol. The SMILES string of the molecule is Cn1c(O)c2ccc(C(=O)N=NC(=O)c3n[nH]c(=O)c4ccccc34)cc2c1O. The van der Waals surface area contributed by atoms with E-state index in [1.807, 2.05) is 0 Å². The minimum absolute atomic E-state index is 0.0641. The van der Waals surface area contributed by atoms with E-state index in [1.165, 1.54) is 31.3 Å². The lowest BCUT2D eigenvalue weighted by atomic mass is 10.1. The van der Waals surface area contributed by atoms with E-state index in [2.05, 4.69) is 20.4 Å². The van der Waals surface area contributed by atoms with Crippen LogP contribution in [0.3, 0.4) is 0 Å². The van der Waals surface area contributed by atoms with Crippen molar-refractivity contribution in [2.45, 2.75) is 0 Å². The van der Waals surface area contributed by atoms with E-state index < -0.39 is 17.4 Å². The van der Waals surface area contributed by atoms with E-state index in [4.69, 9.17) is 0 Å². The van der Waals surface area contributed by atoms with Crippen LogP contribution in [0.1, 0.15) is 20.8 Å². The van der Waals surface area contributed by atoms with Crippen LogP contribution < -0.4 is 5.56 Å². The Balaban J connectivity index is 1.66. The number of benzene rings is 2. The summed E-state index contributed by atoms with van der Waals surface area (Å²) in [4.78, 5) is 36.4. The van der Waals surface area contributed by atoms with Gasteiger partial charge in [0, 0.05) is 28.8 Å². The van der Waals surface area contributed by atoms with Crippen LogP contribution in [0.25, 0.3) is 21.5 Å². The predicted molar refractivity (Wildman–Crippen MR) is 102 cm³/mol. The molecule has 10 heteroatoms. The number of aromatic nitrogens is 3. The molecule has 0 aliphatic rings. The van der Waals surface area contributed by atoms with E-state index in [0.29, 0.717) is 10.8 Å². The molecular formula is C19H13N5O5. The van der Waals surface area contributed by atoms with Gasteiger partial charge in [0.15, 0.2) is 5.69 Å². The number of hydrogen-bond donors (Lipinski definition) is 3. The molecule has 4 rings (SSSR count). The molecule has 2 aromatic carbocycles. The summed E-state index contributed by atoms with van der Waals surface area (Å²) in [5, 5.41) is 33.9. The standard InChI is InChI=1S/C19H13N5O5/c1-24-18(28)12-7-6-9(8-13(12)19(24)29)15(25)21-23-17(27)14-10-4-2-3-5-11(10)16(26)22-20-14/h2-8,28-29H,1H3,(H,22,26). The first-order valence-electron chi connectivity index (χ1n) is 8.36.